The van der Waals surface area contributed by atoms with Crippen molar-refractivity contribution in [3.63, 3.8) is 0 Å². The second-order valence-corrected chi connectivity index (χ2v) is 7.59. The van der Waals surface area contributed by atoms with Crippen molar-refractivity contribution in [1.29, 1.82) is 0 Å². The second-order valence-electron chi connectivity index (χ2n) is 7.59. The molecule has 0 spiro atoms. The van der Waals surface area contributed by atoms with Crippen LogP contribution < -0.4 is 20.2 Å². The van der Waals surface area contributed by atoms with E-state index in [4.69, 9.17) is 19.0 Å². The first kappa shape index (κ1) is 22.8. The van der Waals surface area contributed by atoms with Crippen LogP contribution in [0.15, 0.2) is 57.8 Å². The summed E-state index contributed by atoms with van der Waals surface area (Å²) in [5.41, 5.74) is 2.88. The van der Waals surface area contributed by atoms with Gasteiger partial charge >= 0.3 is 5.97 Å². The van der Waals surface area contributed by atoms with Crippen LogP contribution in [0.3, 0.4) is 0 Å². The number of carbonyl (C=O) groups is 2. The van der Waals surface area contributed by atoms with Crippen LogP contribution in [0.1, 0.15) is 30.2 Å². The highest BCUT2D eigenvalue weighted by Gasteiger charge is 2.25. The Morgan fingerprint density at radius 1 is 1.18 bits per heavy atom. The molecule has 1 aliphatic rings. The van der Waals surface area contributed by atoms with Crippen molar-refractivity contribution in [2.75, 3.05) is 19.0 Å². The predicted molar refractivity (Wildman–Crippen MR) is 128 cm³/mol. The third-order valence-electron chi connectivity index (χ3n) is 5.41. The molecule has 3 aromatic rings. The van der Waals surface area contributed by atoms with Crippen LogP contribution in [-0.2, 0) is 16.0 Å². The van der Waals surface area contributed by atoms with Crippen molar-refractivity contribution in [3.8, 4) is 11.5 Å². The standard InChI is InChI=1S/C26H23NO7/c1-3-33-20-6-4-5-15(26(20)32-2)13-16-7-9-19-24(31)18-10-8-17(14-21(18)34-25(16)19)27-22(28)11-12-23(29)30/h4-6,8,10-14H,3,7,9H2,1-2H3,(H,27,28)(H,29,30). The van der Waals surface area contributed by atoms with Gasteiger partial charge in [-0.15, -0.1) is 0 Å². The Kier molecular flexibility index (Phi) is 6.49. The molecule has 0 unspecified atom stereocenters. The monoisotopic (exact) mass is 461 g/mol. The molecule has 8 nitrogen and oxygen atoms in total. The Balaban J connectivity index is 1.74. The zero-order valence-electron chi connectivity index (χ0n) is 18.7. The lowest BCUT2D eigenvalue weighted by atomic mass is 10.1. The average molecular weight is 461 g/mol. The third-order valence-corrected chi connectivity index (χ3v) is 5.41. The van der Waals surface area contributed by atoms with E-state index in [9.17, 15) is 14.4 Å². The zero-order valence-corrected chi connectivity index (χ0v) is 18.7. The predicted octanol–water partition coefficient (Wildman–Crippen LogP) is 4.27. The molecule has 174 valence electrons. The minimum atomic E-state index is -1.22. The summed E-state index contributed by atoms with van der Waals surface area (Å²) < 4.78 is 17.4. The van der Waals surface area contributed by atoms with Crippen molar-refractivity contribution in [2.24, 2.45) is 0 Å². The summed E-state index contributed by atoms with van der Waals surface area (Å²) in [6.07, 6.45) is 4.79. The average Bonchev–Trinajstić information content (AvgIpc) is 3.21. The van der Waals surface area contributed by atoms with Crippen molar-refractivity contribution >= 4 is 40.2 Å². The Bertz CT molecular complexity index is 1400. The highest BCUT2D eigenvalue weighted by molar-refractivity contribution is 6.03. The Morgan fingerprint density at radius 2 is 2.00 bits per heavy atom. The fourth-order valence-corrected chi connectivity index (χ4v) is 3.96. The smallest absolute Gasteiger partial charge is 0.328 e. The number of anilines is 1. The van der Waals surface area contributed by atoms with E-state index in [0.29, 0.717) is 58.9 Å². The van der Waals surface area contributed by atoms with Crippen LogP contribution in [-0.4, -0.2) is 30.7 Å². The molecule has 0 atom stereocenters. The van der Waals surface area contributed by atoms with Gasteiger partial charge in [0.05, 0.1) is 19.1 Å². The van der Waals surface area contributed by atoms with Crippen LogP contribution in [0.4, 0.5) is 5.69 Å². The second kappa shape index (κ2) is 9.66. The highest BCUT2D eigenvalue weighted by atomic mass is 16.5. The maximum Gasteiger partial charge on any atom is 0.328 e. The maximum atomic E-state index is 13.1. The van der Waals surface area contributed by atoms with E-state index in [2.05, 4.69) is 5.32 Å². The summed E-state index contributed by atoms with van der Waals surface area (Å²) >= 11 is 0. The van der Waals surface area contributed by atoms with Crippen LogP contribution in [0.25, 0.3) is 22.6 Å². The molecular weight excluding hydrogens is 438 g/mol. The number of hydrogen-bond acceptors (Lipinski definition) is 6. The fraction of sp³-hybridized carbons (Fsp3) is 0.192. The van der Waals surface area contributed by atoms with Crippen LogP contribution in [0, 0.1) is 0 Å². The summed E-state index contributed by atoms with van der Waals surface area (Å²) in [4.78, 5) is 35.6. The lowest BCUT2D eigenvalue weighted by Crippen LogP contribution is -2.11. The number of carboxylic acid groups (broad SMARTS) is 1. The number of amides is 1. The molecule has 1 aliphatic carbocycles. The summed E-state index contributed by atoms with van der Waals surface area (Å²) in [5.74, 6) is -0.0802. The molecule has 2 N–H and O–H groups in total. The molecule has 8 heteroatoms. The fourth-order valence-electron chi connectivity index (χ4n) is 3.96. The molecule has 1 amide bonds. The van der Waals surface area contributed by atoms with E-state index in [1.165, 1.54) is 0 Å². The molecular formula is C26H23NO7. The van der Waals surface area contributed by atoms with E-state index in [1.54, 1.807) is 25.3 Å². The number of benzene rings is 2. The van der Waals surface area contributed by atoms with E-state index in [0.717, 1.165) is 23.3 Å². The number of rotatable bonds is 7. The Labute approximate surface area is 195 Å². The third kappa shape index (κ3) is 4.56. The van der Waals surface area contributed by atoms with E-state index in [-0.39, 0.29) is 5.43 Å². The summed E-state index contributed by atoms with van der Waals surface area (Å²) in [6, 6.07) is 10.3. The van der Waals surface area contributed by atoms with E-state index >= 15 is 0 Å². The minimum Gasteiger partial charge on any atom is -0.492 e. The molecule has 0 radical (unpaired) electrons. The number of hydrogen-bond donors (Lipinski definition) is 2. The number of carbonyl (C=O) groups excluding carboxylic acids is 1. The van der Waals surface area contributed by atoms with Crippen molar-refractivity contribution in [3.05, 3.63) is 75.7 Å². The molecule has 1 aromatic heterocycles. The van der Waals surface area contributed by atoms with Gasteiger partial charge in [0.15, 0.2) is 16.9 Å². The maximum absolute atomic E-state index is 13.1. The van der Waals surface area contributed by atoms with Gasteiger partial charge in [-0.2, -0.15) is 0 Å². The number of nitrogens with one attached hydrogen (secondary N) is 1. The van der Waals surface area contributed by atoms with Gasteiger partial charge < -0.3 is 24.3 Å². The molecule has 34 heavy (non-hydrogen) atoms. The number of carboxylic acids is 1. The number of methoxy groups -OCH3 is 1. The first-order chi connectivity index (χ1) is 16.4. The van der Waals surface area contributed by atoms with Gasteiger partial charge in [0, 0.05) is 35.0 Å². The zero-order chi connectivity index (χ0) is 24.2. The Morgan fingerprint density at radius 3 is 2.74 bits per heavy atom. The van der Waals surface area contributed by atoms with Gasteiger partial charge in [0.25, 0.3) is 0 Å². The van der Waals surface area contributed by atoms with Gasteiger partial charge in [0.1, 0.15) is 11.3 Å². The van der Waals surface area contributed by atoms with Gasteiger partial charge in [-0.25, -0.2) is 4.79 Å². The van der Waals surface area contributed by atoms with E-state index in [1.807, 2.05) is 31.2 Å². The SMILES string of the molecule is CCOc1cccc(C=C2CCc3c2oc2cc(NC(=O)C=CC(=O)O)ccc2c3=O)c1OC. The van der Waals surface area contributed by atoms with Crippen molar-refractivity contribution in [1.82, 2.24) is 0 Å². The van der Waals surface area contributed by atoms with Gasteiger partial charge in [-0.1, -0.05) is 12.1 Å². The first-order valence-electron chi connectivity index (χ1n) is 10.7. The number of para-hydroxylation sites is 1. The molecule has 0 aliphatic heterocycles. The van der Waals surface area contributed by atoms with Gasteiger partial charge in [-0.05, 0) is 49.6 Å². The summed E-state index contributed by atoms with van der Waals surface area (Å²) in [7, 11) is 1.58. The van der Waals surface area contributed by atoms with E-state index < -0.39 is 11.9 Å². The number of fused-ring (bicyclic) bond motifs is 2. The molecule has 0 bridgehead atoms. The normalized spacial score (nSPS) is 13.9. The number of allylic oxidation sites excluding steroid dienone is 1. The summed E-state index contributed by atoms with van der Waals surface area (Å²) in [6.45, 7) is 2.40. The van der Waals surface area contributed by atoms with Gasteiger partial charge in [-0.3, -0.25) is 9.59 Å². The molecule has 0 fully saturated rings. The quantitative estimate of drug-likeness (QED) is 0.505. The first-order valence-corrected chi connectivity index (χ1v) is 10.7. The van der Waals surface area contributed by atoms with Crippen molar-refractivity contribution < 1.29 is 28.6 Å². The number of aliphatic carboxylic acids is 1. The lowest BCUT2D eigenvalue weighted by molar-refractivity contribution is -0.131. The molecule has 0 saturated carbocycles. The minimum absolute atomic E-state index is 0.113. The highest BCUT2D eigenvalue weighted by Crippen LogP contribution is 2.38. The van der Waals surface area contributed by atoms with Crippen LogP contribution in [0.5, 0.6) is 11.5 Å². The molecule has 4 rings (SSSR count). The van der Waals surface area contributed by atoms with Crippen LogP contribution >= 0.6 is 0 Å². The molecule has 2 aromatic carbocycles. The topological polar surface area (TPSA) is 115 Å². The van der Waals surface area contributed by atoms with Crippen LogP contribution in [0.2, 0.25) is 0 Å². The largest absolute Gasteiger partial charge is 0.492 e. The van der Waals surface area contributed by atoms with Gasteiger partial charge in [0.2, 0.25) is 5.91 Å². The molecule has 0 saturated heterocycles. The van der Waals surface area contributed by atoms with Crippen molar-refractivity contribution in [2.45, 2.75) is 19.8 Å². The molecule has 1 heterocycles. The Hall–Kier alpha value is -4.33. The summed E-state index contributed by atoms with van der Waals surface area (Å²) in [5, 5.41) is 11.6. The number of ether oxygens (including phenoxy) is 2. The lowest BCUT2D eigenvalue weighted by Gasteiger charge is -2.12.